The molecule has 0 saturated carbocycles. The highest BCUT2D eigenvalue weighted by atomic mass is 32.2. The molecule has 2 rings (SSSR count). The van der Waals surface area contributed by atoms with Crippen molar-refractivity contribution in [2.24, 2.45) is 0 Å². The summed E-state index contributed by atoms with van der Waals surface area (Å²) in [5.41, 5.74) is 0. The summed E-state index contributed by atoms with van der Waals surface area (Å²) in [5, 5.41) is 17.8. The van der Waals surface area contributed by atoms with Crippen LogP contribution in [0.5, 0.6) is 0 Å². The lowest BCUT2D eigenvalue weighted by atomic mass is 10.1. The second kappa shape index (κ2) is 6.17. The molecule has 0 radical (unpaired) electrons. The van der Waals surface area contributed by atoms with Gasteiger partial charge in [-0.1, -0.05) is 0 Å². The minimum Gasteiger partial charge on any atom is -0.475 e. The van der Waals surface area contributed by atoms with Crippen LogP contribution in [0.1, 0.15) is 42.0 Å². The number of aliphatic hydroxyl groups excluding tert-OH is 1. The molecule has 0 spiro atoms. The van der Waals surface area contributed by atoms with Crippen LogP contribution in [0, 0.1) is 6.92 Å². The van der Waals surface area contributed by atoms with Crippen LogP contribution >= 0.6 is 0 Å². The van der Waals surface area contributed by atoms with Gasteiger partial charge in [0.2, 0.25) is 15.8 Å². The summed E-state index contributed by atoms with van der Waals surface area (Å²) in [6.07, 6.45) is 2.65. The molecule has 21 heavy (non-hydrogen) atoms. The van der Waals surface area contributed by atoms with Gasteiger partial charge in [0.05, 0.1) is 0 Å². The predicted octanol–water partition coefficient (Wildman–Crippen LogP) is 1.21. The first kappa shape index (κ1) is 16.0. The van der Waals surface area contributed by atoms with E-state index in [1.165, 1.54) is 11.2 Å². The molecule has 7 nitrogen and oxygen atoms in total. The van der Waals surface area contributed by atoms with Crippen molar-refractivity contribution in [1.82, 2.24) is 4.31 Å². The molecule has 0 bridgehead atoms. The summed E-state index contributed by atoms with van der Waals surface area (Å²) in [7, 11) is -3.77. The third-order valence-electron chi connectivity index (χ3n) is 3.69. The van der Waals surface area contributed by atoms with Crippen LogP contribution in [0.2, 0.25) is 0 Å². The summed E-state index contributed by atoms with van der Waals surface area (Å²) in [6.45, 7) is 1.88. The van der Waals surface area contributed by atoms with Crippen LogP contribution in [0.15, 0.2) is 15.4 Å². The third kappa shape index (κ3) is 3.12. The van der Waals surface area contributed by atoms with Crippen LogP contribution < -0.4 is 0 Å². The van der Waals surface area contributed by atoms with Gasteiger partial charge in [0, 0.05) is 25.3 Å². The van der Waals surface area contributed by atoms with Gasteiger partial charge in [0.1, 0.15) is 10.7 Å². The molecule has 1 atom stereocenters. The number of carboxylic acid groups (broad SMARTS) is 1. The highest BCUT2D eigenvalue weighted by Gasteiger charge is 2.37. The number of carboxylic acids is 1. The van der Waals surface area contributed by atoms with Gasteiger partial charge in [0.15, 0.2) is 0 Å². The van der Waals surface area contributed by atoms with Crippen LogP contribution in [-0.4, -0.2) is 48.1 Å². The fourth-order valence-electron chi connectivity index (χ4n) is 2.69. The topological polar surface area (TPSA) is 108 Å². The van der Waals surface area contributed by atoms with E-state index in [1.807, 2.05) is 0 Å². The standard InChI is InChI=1S/C13H19NO6S/c1-9-12(8-11(20-9)13(16)17)21(18,19)14-6-2-4-10(14)5-3-7-15/h8,10,15H,2-7H2,1H3,(H,16,17). The smallest absolute Gasteiger partial charge is 0.371 e. The molecule has 0 amide bonds. The van der Waals surface area contributed by atoms with Gasteiger partial charge in [-0.3, -0.25) is 0 Å². The molecule has 1 aliphatic heterocycles. The fraction of sp³-hybridized carbons (Fsp3) is 0.615. The Morgan fingerprint density at radius 2 is 2.24 bits per heavy atom. The van der Waals surface area contributed by atoms with Crippen LogP contribution in [-0.2, 0) is 10.0 Å². The number of rotatable bonds is 6. The van der Waals surface area contributed by atoms with E-state index in [0.717, 1.165) is 18.9 Å². The van der Waals surface area contributed by atoms with E-state index in [4.69, 9.17) is 14.6 Å². The number of sulfonamides is 1. The fourth-order valence-corrected chi connectivity index (χ4v) is 4.58. The second-order valence-electron chi connectivity index (χ2n) is 5.11. The largest absolute Gasteiger partial charge is 0.475 e. The zero-order valence-corrected chi connectivity index (χ0v) is 12.6. The molecule has 1 unspecified atom stereocenters. The number of carbonyl (C=O) groups is 1. The van der Waals surface area contributed by atoms with Crippen LogP contribution in [0.4, 0.5) is 0 Å². The number of aryl methyl sites for hydroxylation is 1. The summed E-state index contributed by atoms with van der Waals surface area (Å²) in [5.74, 6) is -1.59. The number of aromatic carboxylic acids is 1. The maximum Gasteiger partial charge on any atom is 0.371 e. The van der Waals surface area contributed by atoms with Gasteiger partial charge in [-0.15, -0.1) is 0 Å². The van der Waals surface area contributed by atoms with E-state index in [-0.39, 0.29) is 29.1 Å². The first-order valence-corrected chi connectivity index (χ1v) is 8.28. The number of hydrogen-bond acceptors (Lipinski definition) is 5. The van der Waals surface area contributed by atoms with E-state index in [1.54, 1.807) is 0 Å². The lowest BCUT2D eigenvalue weighted by molar-refractivity contribution is 0.0661. The third-order valence-corrected chi connectivity index (χ3v) is 5.75. The summed E-state index contributed by atoms with van der Waals surface area (Å²) in [4.78, 5) is 10.8. The Morgan fingerprint density at radius 1 is 1.52 bits per heavy atom. The highest BCUT2D eigenvalue weighted by Crippen LogP contribution is 2.31. The number of nitrogens with zero attached hydrogens (tertiary/aromatic N) is 1. The Balaban J connectivity index is 2.30. The van der Waals surface area contributed by atoms with Crippen molar-refractivity contribution in [3.63, 3.8) is 0 Å². The average molecular weight is 317 g/mol. The van der Waals surface area contributed by atoms with Crippen LogP contribution in [0.3, 0.4) is 0 Å². The molecular formula is C13H19NO6S. The van der Waals surface area contributed by atoms with Crippen molar-refractivity contribution in [2.45, 2.75) is 43.5 Å². The maximum atomic E-state index is 12.7. The maximum absolute atomic E-state index is 12.7. The van der Waals surface area contributed by atoms with E-state index < -0.39 is 16.0 Å². The Kier molecular flexibility index (Phi) is 4.70. The van der Waals surface area contributed by atoms with Gasteiger partial charge in [-0.2, -0.15) is 4.31 Å². The van der Waals surface area contributed by atoms with Gasteiger partial charge in [-0.25, -0.2) is 13.2 Å². The van der Waals surface area contributed by atoms with Crippen molar-refractivity contribution < 1.29 is 27.8 Å². The molecule has 1 saturated heterocycles. The predicted molar refractivity (Wildman–Crippen MR) is 73.6 cm³/mol. The molecule has 118 valence electrons. The monoisotopic (exact) mass is 317 g/mol. The minimum atomic E-state index is -3.77. The lowest BCUT2D eigenvalue weighted by Crippen LogP contribution is -2.35. The molecule has 8 heteroatoms. The van der Waals surface area contributed by atoms with Crippen molar-refractivity contribution in [2.75, 3.05) is 13.2 Å². The van der Waals surface area contributed by atoms with Crippen molar-refractivity contribution in [3.8, 4) is 0 Å². The van der Waals surface area contributed by atoms with Crippen molar-refractivity contribution in [3.05, 3.63) is 17.6 Å². The summed E-state index contributed by atoms with van der Waals surface area (Å²) < 4.78 is 31.7. The van der Waals surface area contributed by atoms with E-state index in [9.17, 15) is 13.2 Å². The zero-order chi connectivity index (χ0) is 15.6. The van der Waals surface area contributed by atoms with Gasteiger partial charge in [0.25, 0.3) is 0 Å². The Hall–Kier alpha value is -1.38. The second-order valence-corrected chi connectivity index (χ2v) is 6.97. The van der Waals surface area contributed by atoms with E-state index >= 15 is 0 Å². The number of furan rings is 1. The quantitative estimate of drug-likeness (QED) is 0.816. The molecule has 1 fully saturated rings. The Bertz CT molecular complexity index is 621. The van der Waals surface area contributed by atoms with Gasteiger partial charge in [-0.05, 0) is 32.6 Å². The highest BCUT2D eigenvalue weighted by molar-refractivity contribution is 7.89. The Morgan fingerprint density at radius 3 is 2.81 bits per heavy atom. The molecule has 2 N–H and O–H groups in total. The van der Waals surface area contributed by atoms with Crippen molar-refractivity contribution >= 4 is 16.0 Å². The minimum absolute atomic E-state index is 0.0261. The normalized spacial score (nSPS) is 20.0. The average Bonchev–Trinajstić information content (AvgIpc) is 3.03. The Labute approximate surface area is 123 Å². The molecule has 0 aliphatic carbocycles. The first-order chi connectivity index (χ1) is 9.87. The molecule has 1 aromatic rings. The summed E-state index contributed by atoms with van der Waals surface area (Å²) >= 11 is 0. The van der Waals surface area contributed by atoms with Gasteiger partial charge >= 0.3 is 5.97 Å². The lowest BCUT2D eigenvalue weighted by Gasteiger charge is -2.23. The molecular weight excluding hydrogens is 298 g/mol. The van der Waals surface area contributed by atoms with Gasteiger partial charge < -0.3 is 14.6 Å². The number of hydrogen-bond donors (Lipinski definition) is 2. The van der Waals surface area contributed by atoms with E-state index in [2.05, 4.69) is 0 Å². The molecule has 1 aromatic heterocycles. The molecule has 0 aromatic carbocycles. The van der Waals surface area contributed by atoms with Crippen molar-refractivity contribution in [1.29, 1.82) is 0 Å². The van der Waals surface area contributed by atoms with E-state index in [0.29, 0.717) is 19.4 Å². The molecule has 1 aliphatic rings. The SMILES string of the molecule is Cc1oc(C(=O)O)cc1S(=O)(=O)N1CCCC1CCCO. The zero-order valence-electron chi connectivity index (χ0n) is 11.8. The molecule has 2 heterocycles. The van der Waals surface area contributed by atoms with Crippen LogP contribution in [0.25, 0.3) is 0 Å². The summed E-state index contributed by atoms with van der Waals surface area (Å²) in [6, 6.07) is 0.916. The number of aliphatic hydroxyl groups is 1. The first-order valence-electron chi connectivity index (χ1n) is 6.84.